The molecule has 1 aromatic carbocycles. The van der Waals surface area contributed by atoms with Gasteiger partial charge in [0.05, 0.1) is 0 Å². The monoisotopic (exact) mass is 301 g/mol. The molecule has 0 radical (unpaired) electrons. The van der Waals surface area contributed by atoms with Gasteiger partial charge in [-0.3, -0.25) is 4.79 Å². The third-order valence-corrected chi connectivity index (χ3v) is 3.47. The molecule has 0 spiro atoms. The average Bonchev–Trinajstić information content (AvgIpc) is 2.49. The smallest absolute Gasteiger partial charge is 0.319 e. The zero-order valence-corrected chi connectivity index (χ0v) is 13.1. The number of urea groups is 1. The summed E-state index contributed by atoms with van der Waals surface area (Å²) in [6.45, 7) is 3.80. The predicted octanol–water partition coefficient (Wildman–Crippen LogP) is 3.51. The molecule has 0 saturated carbocycles. The maximum atomic E-state index is 12.1. The molecular weight excluding hydrogens is 278 g/mol. The Kier molecular flexibility index (Phi) is 5.58. The second-order valence-corrected chi connectivity index (χ2v) is 5.80. The van der Waals surface area contributed by atoms with Crippen LogP contribution in [0.5, 0.6) is 0 Å². The number of allylic oxidation sites excluding steroid dienone is 2. The molecule has 118 valence electrons. The van der Waals surface area contributed by atoms with Crippen molar-refractivity contribution in [2.45, 2.75) is 39.2 Å². The van der Waals surface area contributed by atoms with E-state index in [1.54, 1.807) is 24.3 Å². The average molecular weight is 301 g/mol. The molecule has 0 fully saturated rings. The molecule has 1 aliphatic rings. The van der Waals surface area contributed by atoms with Gasteiger partial charge in [-0.15, -0.1) is 0 Å². The van der Waals surface area contributed by atoms with Crippen molar-refractivity contribution in [2.24, 2.45) is 5.92 Å². The van der Waals surface area contributed by atoms with Crippen molar-refractivity contribution in [1.29, 1.82) is 0 Å². The fraction of sp³-hybridized carbons (Fsp3) is 0.412. The number of amides is 3. The van der Waals surface area contributed by atoms with Gasteiger partial charge in [0.2, 0.25) is 5.91 Å². The van der Waals surface area contributed by atoms with Crippen molar-refractivity contribution >= 4 is 23.3 Å². The lowest BCUT2D eigenvalue weighted by atomic mass is 9.93. The Hall–Kier alpha value is -2.30. The zero-order chi connectivity index (χ0) is 15.9. The molecule has 22 heavy (non-hydrogen) atoms. The summed E-state index contributed by atoms with van der Waals surface area (Å²) in [5, 5.41) is 8.42. The summed E-state index contributed by atoms with van der Waals surface area (Å²) in [6, 6.07) is 6.99. The highest BCUT2D eigenvalue weighted by Crippen LogP contribution is 2.21. The van der Waals surface area contributed by atoms with Crippen LogP contribution in [0.3, 0.4) is 0 Å². The fourth-order valence-electron chi connectivity index (χ4n) is 2.34. The third-order valence-electron chi connectivity index (χ3n) is 3.47. The summed E-state index contributed by atoms with van der Waals surface area (Å²) in [4.78, 5) is 23.7. The van der Waals surface area contributed by atoms with Gasteiger partial charge < -0.3 is 16.0 Å². The number of hydrogen-bond acceptors (Lipinski definition) is 2. The van der Waals surface area contributed by atoms with Gasteiger partial charge in [-0.05, 0) is 57.4 Å². The Morgan fingerprint density at radius 2 is 1.68 bits per heavy atom. The van der Waals surface area contributed by atoms with Crippen LogP contribution in [0.15, 0.2) is 36.4 Å². The number of carbonyl (C=O) groups excluding carboxylic acids is 2. The van der Waals surface area contributed by atoms with Gasteiger partial charge in [-0.2, -0.15) is 0 Å². The van der Waals surface area contributed by atoms with Gasteiger partial charge in [0.15, 0.2) is 0 Å². The first-order chi connectivity index (χ1) is 10.5. The number of benzene rings is 1. The normalized spacial score (nSPS) is 17.1. The van der Waals surface area contributed by atoms with Crippen LogP contribution in [0.25, 0.3) is 0 Å². The van der Waals surface area contributed by atoms with Crippen LogP contribution < -0.4 is 16.0 Å². The van der Waals surface area contributed by atoms with E-state index in [4.69, 9.17) is 0 Å². The summed E-state index contributed by atoms with van der Waals surface area (Å²) in [7, 11) is 0. The summed E-state index contributed by atoms with van der Waals surface area (Å²) in [5.41, 5.74) is 1.44. The first kappa shape index (κ1) is 16.1. The Morgan fingerprint density at radius 1 is 1.05 bits per heavy atom. The van der Waals surface area contributed by atoms with E-state index in [1.807, 2.05) is 13.8 Å². The Morgan fingerprint density at radius 3 is 2.23 bits per heavy atom. The van der Waals surface area contributed by atoms with E-state index in [9.17, 15) is 9.59 Å². The molecular formula is C17H23N3O2. The highest BCUT2D eigenvalue weighted by molar-refractivity contribution is 5.93. The predicted molar refractivity (Wildman–Crippen MR) is 88.8 cm³/mol. The van der Waals surface area contributed by atoms with Crippen molar-refractivity contribution in [1.82, 2.24) is 5.32 Å². The fourth-order valence-corrected chi connectivity index (χ4v) is 2.34. The van der Waals surface area contributed by atoms with E-state index in [-0.39, 0.29) is 23.9 Å². The molecule has 5 heteroatoms. The van der Waals surface area contributed by atoms with Gasteiger partial charge in [-0.1, -0.05) is 12.2 Å². The Bertz CT molecular complexity index is 550. The quantitative estimate of drug-likeness (QED) is 0.745. The Balaban J connectivity index is 1.87. The number of hydrogen-bond donors (Lipinski definition) is 3. The molecule has 1 aliphatic carbocycles. The molecule has 5 nitrogen and oxygen atoms in total. The Labute approximate surface area is 131 Å². The van der Waals surface area contributed by atoms with E-state index in [0.29, 0.717) is 5.69 Å². The topological polar surface area (TPSA) is 70.2 Å². The van der Waals surface area contributed by atoms with Crippen LogP contribution in [-0.4, -0.2) is 18.0 Å². The van der Waals surface area contributed by atoms with E-state index >= 15 is 0 Å². The maximum absolute atomic E-state index is 12.1. The second-order valence-electron chi connectivity index (χ2n) is 5.80. The molecule has 0 bridgehead atoms. The third kappa shape index (κ3) is 4.91. The molecule has 0 aromatic heterocycles. The van der Waals surface area contributed by atoms with Crippen LogP contribution >= 0.6 is 0 Å². The lowest BCUT2D eigenvalue weighted by Crippen LogP contribution is -2.34. The van der Waals surface area contributed by atoms with Crippen molar-refractivity contribution in [2.75, 3.05) is 10.6 Å². The lowest BCUT2D eigenvalue weighted by molar-refractivity contribution is -0.120. The van der Waals surface area contributed by atoms with Crippen LogP contribution in [-0.2, 0) is 4.79 Å². The summed E-state index contributed by atoms with van der Waals surface area (Å²) in [5.74, 6) is 0.113. The first-order valence-electron chi connectivity index (χ1n) is 7.68. The van der Waals surface area contributed by atoms with E-state index in [0.717, 1.165) is 24.9 Å². The molecule has 0 aliphatic heterocycles. The number of anilines is 2. The minimum absolute atomic E-state index is 0.0552. The molecule has 1 aromatic rings. The van der Waals surface area contributed by atoms with E-state index < -0.39 is 0 Å². The largest absolute Gasteiger partial charge is 0.336 e. The van der Waals surface area contributed by atoms with E-state index in [2.05, 4.69) is 28.1 Å². The zero-order valence-electron chi connectivity index (χ0n) is 13.1. The maximum Gasteiger partial charge on any atom is 0.319 e. The minimum Gasteiger partial charge on any atom is -0.336 e. The van der Waals surface area contributed by atoms with Gasteiger partial charge in [-0.25, -0.2) is 4.79 Å². The SMILES string of the molecule is CC(C)NC(=O)Nc1ccc(NC(=O)C2CC=CCC2)cc1. The standard InChI is InChI=1S/C17H23N3O2/c1-12(2)18-17(22)20-15-10-8-14(9-11-15)19-16(21)13-6-4-3-5-7-13/h3-4,8-13H,5-7H2,1-2H3,(H,19,21)(H2,18,20,22). The summed E-state index contributed by atoms with van der Waals surface area (Å²) in [6.07, 6.45) is 6.85. The van der Waals surface area contributed by atoms with Crippen molar-refractivity contribution in [3.8, 4) is 0 Å². The molecule has 1 unspecified atom stereocenters. The van der Waals surface area contributed by atoms with Gasteiger partial charge in [0.25, 0.3) is 0 Å². The van der Waals surface area contributed by atoms with Gasteiger partial charge in [0.1, 0.15) is 0 Å². The summed E-state index contributed by atoms with van der Waals surface area (Å²) < 4.78 is 0. The van der Waals surface area contributed by atoms with Crippen LogP contribution in [0, 0.1) is 5.92 Å². The van der Waals surface area contributed by atoms with Crippen LogP contribution in [0.4, 0.5) is 16.2 Å². The summed E-state index contributed by atoms with van der Waals surface area (Å²) >= 11 is 0. The molecule has 2 rings (SSSR count). The molecule has 3 amide bonds. The molecule has 1 atom stereocenters. The van der Waals surface area contributed by atoms with Gasteiger partial charge >= 0.3 is 6.03 Å². The first-order valence-corrected chi connectivity index (χ1v) is 7.68. The van der Waals surface area contributed by atoms with E-state index in [1.165, 1.54) is 0 Å². The lowest BCUT2D eigenvalue weighted by Gasteiger charge is -2.17. The highest BCUT2D eigenvalue weighted by Gasteiger charge is 2.18. The highest BCUT2D eigenvalue weighted by atomic mass is 16.2. The molecule has 3 N–H and O–H groups in total. The van der Waals surface area contributed by atoms with Crippen molar-refractivity contribution < 1.29 is 9.59 Å². The number of nitrogens with one attached hydrogen (secondary N) is 3. The molecule has 0 heterocycles. The van der Waals surface area contributed by atoms with Crippen molar-refractivity contribution in [3.63, 3.8) is 0 Å². The second kappa shape index (κ2) is 7.64. The van der Waals surface area contributed by atoms with Gasteiger partial charge in [0, 0.05) is 23.3 Å². The minimum atomic E-state index is -0.235. The number of rotatable bonds is 4. The van der Waals surface area contributed by atoms with Crippen LogP contribution in [0.1, 0.15) is 33.1 Å². The number of carbonyl (C=O) groups is 2. The van der Waals surface area contributed by atoms with Crippen molar-refractivity contribution in [3.05, 3.63) is 36.4 Å². The van der Waals surface area contributed by atoms with Crippen LogP contribution in [0.2, 0.25) is 0 Å². The molecule has 0 saturated heterocycles.